The number of benzene rings is 2. The number of phenols is 1. The first-order valence-electron chi connectivity index (χ1n) is 7.47. The second-order valence-corrected chi connectivity index (χ2v) is 5.65. The zero-order valence-electron chi connectivity index (χ0n) is 13.6. The Bertz CT molecular complexity index is 832. The molecule has 1 atom stereocenters. The number of carbonyl (C=O) groups is 1. The monoisotopic (exact) mass is 328 g/mol. The van der Waals surface area contributed by atoms with Crippen LogP contribution in [0.3, 0.4) is 0 Å². The van der Waals surface area contributed by atoms with Crippen molar-refractivity contribution in [3.8, 4) is 17.2 Å². The lowest BCUT2D eigenvalue weighted by atomic mass is 9.97. The third kappa shape index (κ3) is 2.52. The van der Waals surface area contributed by atoms with E-state index in [0.29, 0.717) is 22.6 Å². The molecule has 1 aliphatic rings. The van der Waals surface area contributed by atoms with Crippen LogP contribution in [0.2, 0.25) is 0 Å². The molecule has 4 nitrogen and oxygen atoms in total. The highest BCUT2D eigenvalue weighted by atomic mass is 19.1. The summed E-state index contributed by atoms with van der Waals surface area (Å²) < 4.78 is 24.6. The van der Waals surface area contributed by atoms with Crippen molar-refractivity contribution in [3.05, 3.63) is 58.4 Å². The lowest BCUT2D eigenvalue weighted by molar-refractivity contribution is 0.103. The number of rotatable bonds is 3. The van der Waals surface area contributed by atoms with Gasteiger partial charge in [0.15, 0.2) is 5.78 Å². The Morgan fingerprint density at radius 3 is 2.29 bits per heavy atom. The Morgan fingerprint density at radius 2 is 1.75 bits per heavy atom. The van der Waals surface area contributed by atoms with Crippen molar-refractivity contribution in [2.24, 2.45) is 0 Å². The molecule has 1 N–H and O–H groups in total. The van der Waals surface area contributed by atoms with E-state index in [1.54, 1.807) is 31.2 Å². The Labute approximate surface area is 139 Å². The highest BCUT2D eigenvalue weighted by Gasteiger charge is 2.36. The van der Waals surface area contributed by atoms with Crippen LogP contribution >= 0.6 is 0 Å². The van der Waals surface area contributed by atoms with E-state index < -0.39 is 11.7 Å². The standard InChI is InChI=1S/C19H17FO4/c1-10-14(8-11-6-12(23-2)9-13(7-11)24-3)19(22)18-16(21)5-4-15(20)17(10)18/h4-10,21H,1-3H3. The first-order valence-corrected chi connectivity index (χ1v) is 7.47. The van der Waals surface area contributed by atoms with E-state index in [2.05, 4.69) is 0 Å². The maximum absolute atomic E-state index is 14.1. The van der Waals surface area contributed by atoms with Crippen LogP contribution in [0.15, 0.2) is 35.9 Å². The largest absolute Gasteiger partial charge is 0.507 e. The zero-order chi connectivity index (χ0) is 17.4. The van der Waals surface area contributed by atoms with Crippen molar-refractivity contribution in [1.82, 2.24) is 0 Å². The quantitative estimate of drug-likeness (QED) is 0.867. The number of halogens is 1. The molecule has 0 aromatic heterocycles. The number of Topliss-reactive ketones (excluding diaryl/α,β-unsaturated/α-hetero) is 1. The highest BCUT2D eigenvalue weighted by Crippen LogP contribution is 2.43. The molecule has 0 spiro atoms. The van der Waals surface area contributed by atoms with Crippen LogP contribution in [-0.4, -0.2) is 25.1 Å². The van der Waals surface area contributed by atoms with Crippen molar-refractivity contribution in [2.75, 3.05) is 14.2 Å². The number of methoxy groups -OCH3 is 2. The molecule has 1 unspecified atom stereocenters. The summed E-state index contributed by atoms with van der Waals surface area (Å²) in [6.07, 6.45) is 1.68. The molecule has 2 aromatic carbocycles. The van der Waals surface area contributed by atoms with Crippen molar-refractivity contribution in [3.63, 3.8) is 0 Å². The van der Waals surface area contributed by atoms with Crippen LogP contribution in [0.1, 0.15) is 34.3 Å². The van der Waals surface area contributed by atoms with Crippen LogP contribution in [0.4, 0.5) is 4.39 Å². The molecule has 0 radical (unpaired) electrons. The van der Waals surface area contributed by atoms with Gasteiger partial charge in [-0.1, -0.05) is 6.92 Å². The second kappa shape index (κ2) is 6.00. The zero-order valence-corrected chi connectivity index (χ0v) is 13.6. The van der Waals surface area contributed by atoms with Gasteiger partial charge in [-0.2, -0.15) is 0 Å². The topological polar surface area (TPSA) is 55.8 Å². The first-order chi connectivity index (χ1) is 11.5. The van der Waals surface area contributed by atoms with Gasteiger partial charge < -0.3 is 14.6 Å². The summed E-state index contributed by atoms with van der Waals surface area (Å²) in [7, 11) is 3.08. The van der Waals surface area contributed by atoms with Gasteiger partial charge in [-0.15, -0.1) is 0 Å². The van der Waals surface area contributed by atoms with Gasteiger partial charge in [0.25, 0.3) is 0 Å². The lowest BCUT2D eigenvalue weighted by Crippen LogP contribution is -1.98. The molecule has 1 aliphatic carbocycles. The Kier molecular flexibility index (Phi) is 4.01. The smallest absolute Gasteiger partial charge is 0.193 e. The van der Waals surface area contributed by atoms with E-state index in [1.165, 1.54) is 26.4 Å². The number of ketones is 1. The van der Waals surface area contributed by atoms with Crippen LogP contribution < -0.4 is 9.47 Å². The maximum atomic E-state index is 14.1. The number of hydrogen-bond acceptors (Lipinski definition) is 4. The Balaban J connectivity index is 2.12. The van der Waals surface area contributed by atoms with Gasteiger partial charge in [-0.3, -0.25) is 4.79 Å². The number of fused-ring (bicyclic) bond motifs is 1. The molecule has 0 saturated carbocycles. The van der Waals surface area contributed by atoms with Crippen LogP contribution in [-0.2, 0) is 0 Å². The predicted octanol–water partition coefficient (Wildman–Crippen LogP) is 3.93. The molecule has 3 rings (SSSR count). The normalized spacial score (nSPS) is 17.9. The number of ether oxygens (including phenoxy) is 2. The third-order valence-electron chi connectivity index (χ3n) is 4.26. The fraction of sp³-hybridized carbons (Fsp3) is 0.211. The van der Waals surface area contributed by atoms with Gasteiger partial charge in [0.05, 0.1) is 19.8 Å². The van der Waals surface area contributed by atoms with Crippen molar-refractivity contribution < 1.29 is 23.8 Å². The molecule has 0 amide bonds. The van der Waals surface area contributed by atoms with E-state index >= 15 is 0 Å². The minimum absolute atomic E-state index is 0.0450. The SMILES string of the molecule is COc1cc(C=C2C(=O)c3c(O)ccc(F)c3C2C)cc(OC)c1. The summed E-state index contributed by atoms with van der Waals surface area (Å²) in [5.41, 5.74) is 1.40. The van der Waals surface area contributed by atoms with E-state index in [4.69, 9.17) is 9.47 Å². The van der Waals surface area contributed by atoms with Gasteiger partial charge in [0.2, 0.25) is 0 Å². The summed E-state index contributed by atoms with van der Waals surface area (Å²) in [6, 6.07) is 7.62. The van der Waals surface area contributed by atoms with Gasteiger partial charge in [-0.25, -0.2) is 4.39 Å². The van der Waals surface area contributed by atoms with Crippen molar-refractivity contribution in [2.45, 2.75) is 12.8 Å². The van der Waals surface area contributed by atoms with Crippen LogP contribution in [0.5, 0.6) is 17.2 Å². The molecule has 2 aromatic rings. The number of aromatic hydroxyl groups is 1. The van der Waals surface area contributed by atoms with Crippen molar-refractivity contribution in [1.29, 1.82) is 0 Å². The first kappa shape index (κ1) is 16.1. The fourth-order valence-electron chi connectivity index (χ4n) is 3.02. The summed E-state index contributed by atoms with van der Waals surface area (Å²) in [6.45, 7) is 1.75. The molecular weight excluding hydrogens is 311 g/mol. The van der Waals surface area contributed by atoms with Crippen molar-refractivity contribution >= 4 is 11.9 Å². The fourth-order valence-corrected chi connectivity index (χ4v) is 3.02. The average molecular weight is 328 g/mol. The number of hydrogen-bond donors (Lipinski definition) is 1. The second-order valence-electron chi connectivity index (χ2n) is 5.65. The minimum atomic E-state index is -0.490. The average Bonchev–Trinajstić information content (AvgIpc) is 2.83. The lowest BCUT2D eigenvalue weighted by Gasteiger charge is -2.09. The van der Waals surface area contributed by atoms with Gasteiger partial charge in [0.1, 0.15) is 23.1 Å². The summed E-state index contributed by atoms with van der Waals surface area (Å²) >= 11 is 0. The van der Waals surface area contributed by atoms with Crippen LogP contribution in [0.25, 0.3) is 6.08 Å². The van der Waals surface area contributed by atoms with E-state index in [0.717, 1.165) is 0 Å². The van der Waals surface area contributed by atoms with Gasteiger partial charge >= 0.3 is 0 Å². The summed E-state index contributed by atoms with van der Waals surface area (Å²) in [5.74, 6) is -0.324. The molecule has 24 heavy (non-hydrogen) atoms. The summed E-state index contributed by atoms with van der Waals surface area (Å²) in [5, 5.41) is 9.94. The molecule has 5 heteroatoms. The third-order valence-corrected chi connectivity index (χ3v) is 4.26. The molecule has 0 bridgehead atoms. The summed E-state index contributed by atoms with van der Waals surface area (Å²) in [4.78, 5) is 12.6. The Hall–Kier alpha value is -2.82. The maximum Gasteiger partial charge on any atom is 0.193 e. The molecule has 124 valence electrons. The molecule has 0 heterocycles. The van der Waals surface area contributed by atoms with Gasteiger partial charge in [0, 0.05) is 23.1 Å². The van der Waals surface area contributed by atoms with Gasteiger partial charge in [-0.05, 0) is 35.9 Å². The Morgan fingerprint density at radius 1 is 1.12 bits per heavy atom. The minimum Gasteiger partial charge on any atom is -0.507 e. The van der Waals surface area contributed by atoms with E-state index in [-0.39, 0.29) is 22.7 Å². The van der Waals surface area contributed by atoms with E-state index in [9.17, 15) is 14.3 Å². The predicted molar refractivity (Wildman–Crippen MR) is 88.3 cm³/mol. The highest BCUT2D eigenvalue weighted by molar-refractivity contribution is 6.18. The molecule has 0 aliphatic heterocycles. The molecular formula is C19H17FO4. The molecule has 0 saturated heterocycles. The number of allylic oxidation sites excluding steroid dienone is 1. The van der Waals surface area contributed by atoms with E-state index in [1.807, 2.05) is 0 Å². The molecule has 0 fully saturated rings. The number of carbonyl (C=O) groups excluding carboxylic acids is 1. The van der Waals surface area contributed by atoms with Crippen LogP contribution in [0, 0.1) is 5.82 Å². The number of phenolic OH excluding ortho intramolecular Hbond substituents is 1.